The van der Waals surface area contributed by atoms with Gasteiger partial charge in [-0.3, -0.25) is 4.79 Å². The van der Waals surface area contributed by atoms with Crippen LogP contribution < -0.4 is 0 Å². The largest absolute Gasteiger partial charge is 0.293 e. The summed E-state index contributed by atoms with van der Waals surface area (Å²) in [6.07, 6.45) is 3.05. The van der Waals surface area contributed by atoms with Crippen molar-refractivity contribution in [1.82, 2.24) is 0 Å². The molecule has 1 aliphatic carbocycles. The molecule has 2 heteroatoms. The van der Waals surface area contributed by atoms with E-state index in [0.29, 0.717) is 10.6 Å². The van der Waals surface area contributed by atoms with Crippen LogP contribution in [0.2, 0.25) is 5.02 Å². The van der Waals surface area contributed by atoms with Crippen LogP contribution in [0.3, 0.4) is 0 Å². The number of rotatable bonds is 2. The number of fused-ring (bicyclic) bond motifs is 1. The molecule has 0 N–H and O–H groups in total. The van der Waals surface area contributed by atoms with Crippen molar-refractivity contribution in [1.29, 1.82) is 0 Å². The molecule has 0 radical (unpaired) electrons. The van der Waals surface area contributed by atoms with Crippen LogP contribution in [0.25, 0.3) is 0 Å². The van der Waals surface area contributed by atoms with Gasteiger partial charge in [-0.1, -0.05) is 48.0 Å². The highest BCUT2D eigenvalue weighted by Crippen LogP contribution is 2.35. The maximum absolute atomic E-state index is 12.9. The second kappa shape index (κ2) is 5.41. The zero-order valence-corrected chi connectivity index (χ0v) is 12.3. The number of carbonyl (C=O) groups is 1. The van der Waals surface area contributed by atoms with E-state index in [9.17, 15) is 4.79 Å². The lowest BCUT2D eigenvalue weighted by Gasteiger charge is -2.24. The third kappa shape index (κ3) is 2.27. The van der Waals surface area contributed by atoms with Gasteiger partial charge in [-0.05, 0) is 48.9 Å². The predicted molar refractivity (Wildman–Crippen MR) is 82.6 cm³/mol. The van der Waals surface area contributed by atoms with E-state index >= 15 is 0 Å². The first-order chi connectivity index (χ1) is 9.68. The van der Waals surface area contributed by atoms with Gasteiger partial charge in [-0.25, -0.2) is 0 Å². The molecule has 2 aromatic rings. The summed E-state index contributed by atoms with van der Waals surface area (Å²) >= 11 is 6.31. The molecule has 1 unspecified atom stereocenters. The number of benzene rings is 2. The molecular weight excluding hydrogens is 268 g/mol. The summed E-state index contributed by atoms with van der Waals surface area (Å²) in [6, 6.07) is 14.0. The van der Waals surface area contributed by atoms with Crippen LogP contribution in [0.4, 0.5) is 0 Å². The minimum absolute atomic E-state index is 0.0424. The van der Waals surface area contributed by atoms with E-state index in [-0.39, 0.29) is 11.7 Å². The lowest BCUT2D eigenvalue weighted by atomic mass is 9.79. The number of hydrogen-bond donors (Lipinski definition) is 0. The third-order valence-electron chi connectivity index (χ3n) is 4.14. The molecular formula is C18H17ClO. The number of aryl methyl sites for hydroxylation is 2. The van der Waals surface area contributed by atoms with Gasteiger partial charge in [-0.2, -0.15) is 0 Å². The summed E-state index contributed by atoms with van der Waals surface area (Å²) in [7, 11) is 0. The van der Waals surface area contributed by atoms with E-state index in [4.69, 9.17) is 11.6 Å². The number of carbonyl (C=O) groups excluding carboxylic acids is 1. The van der Waals surface area contributed by atoms with Crippen molar-refractivity contribution in [2.75, 3.05) is 0 Å². The molecule has 20 heavy (non-hydrogen) atoms. The van der Waals surface area contributed by atoms with Gasteiger partial charge in [0.2, 0.25) is 0 Å². The molecule has 0 heterocycles. The SMILES string of the molecule is Cc1cccc(C(=O)C2CCCc3ccccc32)c1Cl. The monoisotopic (exact) mass is 284 g/mol. The Labute approximate surface area is 124 Å². The molecule has 0 saturated heterocycles. The topological polar surface area (TPSA) is 17.1 Å². The zero-order chi connectivity index (χ0) is 14.1. The van der Waals surface area contributed by atoms with Gasteiger partial charge in [0.15, 0.2) is 5.78 Å². The number of ketones is 1. The Morgan fingerprint density at radius 3 is 2.80 bits per heavy atom. The van der Waals surface area contributed by atoms with Crippen LogP contribution in [-0.4, -0.2) is 5.78 Å². The molecule has 0 saturated carbocycles. The highest BCUT2D eigenvalue weighted by Gasteiger charge is 2.28. The summed E-state index contributed by atoms with van der Waals surface area (Å²) in [5.74, 6) is 0.116. The van der Waals surface area contributed by atoms with Crippen LogP contribution in [0, 0.1) is 6.92 Å². The Morgan fingerprint density at radius 1 is 1.15 bits per heavy atom. The Balaban J connectivity index is 2.02. The Kier molecular flexibility index (Phi) is 3.62. The Morgan fingerprint density at radius 2 is 1.95 bits per heavy atom. The molecule has 1 aliphatic rings. The van der Waals surface area contributed by atoms with E-state index < -0.39 is 0 Å². The highest BCUT2D eigenvalue weighted by atomic mass is 35.5. The fraction of sp³-hybridized carbons (Fsp3) is 0.278. The van der Waals surface area contributed by atoms with Crippen LogP contribution in [0.5, 0.6) is 0 Å². The fourth-order valence-corrected chi connectivity index (χ4v) is 3.27. The average molecular weight is 285 g/mol. The molecule has 3 rings (SSSR count). The van der Waals surface area contributed by atoms with Gasteiger partial charge >= 0.3 is 0 Å². The van der Waals surface area contributed by atoms with Crippen molar-refractivity contribution in [2.45, 2.75) is 32.1 Å². The van der Waals surface area contributed by atoms with Crippen molar-refractivity contribution in [3.8, 4) is 0 Å². The standard InChI is InChI=1S/C18H17ClO/c1-12-6-4-11-16(17(12)19)18(20)15-10-5-8-13-7-2-3-9-14(13)15/h2-4,6-7,9,11,15H,5,8,10H2,1H3. The molecule has 102 valence electrons. The molecule has 0 aliphatic heterocycles. The van der Waals surface area contributed by atoms with E-state index in [2.05, 4.69) is 12.1 Å². The van der Waals surface area contributed by atoms with Crippen LogP contribution >= 0.6 is 11.6 Å². The smallest absolute Gasteiger partial charge is 0.171 e. The first kappa shape index (κ1) is 13.4. The molecule has 0 aromatic heterocycles. The number of Topliss-reactive ketones (excluding diaryl/α,β-unsaturated/α-hetero) is 1. The summed E-state index contributed by atoms with van der Waals surface area (Å²) in [5, 5.41) is 0.598. The summed E-state index contributed by atoms with van der Waals surface area (Å²) in [4.78, 5) is 12.9. The maximum Gasteiger partial charge on any atom is 0.171 e. The minimum Gasteiger partial charge on any atom is -0.293 e. The second-order valence-corrected chi connectivity index (χ2v) is 5.82. The van der Waals surface area contributed by atoms with Crippen LogP contribution in [0.1, 0.15) is 45.8 Å². The van der Waals surface area contributed by atoms with Gasteiger partial charge in [0.05, 0.1) is 5.02 Å². The van der Waals surface area contributed by atoms with Gasteiger partial charge in [0.25, 0.3) is 0 Å². The molecule has 1 atom stereocenters. The fourth-order valence-electron chi connectivity index (χ4n) is 3.05. The van der Waals surface area contributed by atoms with Crippen molar-refractivity contribution in [2.24, 2.45) is 0 Å². The molecule has 0 fully saturated rings. The highest BCUT2D eigenvalue weighted by molar-refractivity contribution is 6.35. The molecule has 2 aromatic carbocycles. The first-order valence-electron chi connectivity index (χ1n) is 7.05. The summed E-state index contributed by atoms with van der Waals surface area (Å²) in [5.41, 5.74) is 4.11. The van der Waals surface area contributed by atoms with Gasteiger partial charge < -0.3 is 0 Å². The van der Waals surface area contributed by atoms with Crippen molar-refractivity contribution >= 4 is 17.4 Å². The van der Waals surface area contributed by atoms with Crippen molar-refractivity contribution in [3.05, 3.63) is 69.7 Å². The van der Waals surface area contributed by atoms with Crippen molar-refractivity contribution < 1.29 is 4.79 Å². The van der Waals surface area contributed by atoms with E-state index in [1.54, 1.807) is 0 Å². The Hall–Kier alpha value is -1.60. The van der Waals surface area contributed by atoms with E-state index in [1.807, 2.05) is 37.3 Å². The zero-order valence-electron chi connectivity index (χ0n) is 11.5. The van der Waals surface area contributed by atoms with E-state index in [0.717, 1.165) is 24.8 Å². The average Bonchev–Trinajstić information content (AvgIpc) is 2.49. The maximum atomic E-state index is 12.9. The van der Waals surface area contributed by atoms with Crippen molar-refractivity contribution in [3.63, 3.8) is 0 Å². The second-order valence-electron chi connectivity index (χ2n) is 5.44. The lowest BCUT2D eigenvalue weighted by molar-refractivity contribution is 0.0951. The molecule has 0 spiro atoms. The van der Waals surface area contributed by atoms with Gasteiger partial charge in [0, 0.05) is 11.5 Å². The van der Waals surface area contributed by atoms with Crippen LogP contribution in [-0.2, 0) is 6.42 Å². The molecule has 0 bridgehead atoms. The molecule has 0 amide bonds. The van der Waals surface area contributed by atoms with Gasteiger partial charge in [0.1, 0.15) is 0 Å². The van der Waals surface area contributed by atoms with E-state index in [1.165, 1.54) is 11.1 Å². The minimum atomic E-state index is -0.0424. The predicted octanol–water partition coefficient (Wildman–Crippen LogP) is 4.95. The lowest BCUT2D eigenvalue weighted by Crippen LogP contribution is -2.19. The molecule has 1 nitrogen and oxygen atoms in total. The normalized spacial score (nSPS) is 17.6. The summed E-state index contributed by atoms with van der Waals surface area (Å²) < 4.78 is 0. The number of halogens is 1. The van der Waals surface area contributed by atoms with Gasteiger partial charge in [-0.15, -0.1) is 0 Å². The first-order valence-corrected chi connectivity index (χ1v) is 7.43. The Bertz CT molecular complexity index is 660. The number of hydrogen-bond acceptors (Lipinski definition) is 1. The summed E-state index contributed by atoms with van der Waals surface area (Å²) in [6.45, 7) is 1.94. The third-order valence-corrected chi connectivity index (χ3v) is 4.64. The van der Waals surface area contributed by atoms with Crippen LogP contribution in [0.15, 0.2) is 42.5 Å². The quantitative estimate of drug-likeness (QED) is 0.713.